The van der Waals surface area contributed by atoms with Gasteiger partial charge in [0.25, 0.3) is 0 Å². The van der Waals surface area contributed by atoms with Crippen molar-refractivity contribution >= 4 is 0 Å². The lowest BCUT2D eigenvalue weighted by Gasteiger charge is -2.26. The largest absolute Gasteiger partial charge is 0.496 e. The Kier molecular flexibility index (Phi) is 3.78. The SMILES string of the molecule is COc1cccc(CF)c1C1CCNCC1. The maximum Gasteiger partial charge on any atom is 0.122 e. The van der Waals surface area contributed by atoms with Gasteiger partial charge in [-0.2, -0.15) is 0 Å². The van der Waals surface area contributed by atoms with E-state index >= 15 is 0 Å². The lowest BCUT2D eigenvalue weighted by molar-refractivity contribution is 0.385. The van der Waals surface area contributed by atoms with Gasteiger partial charge in [-0.25, -0.2) is 4.39 Å². The molecule has 0 amide bonds. The van der Waals surface area contributed by atoms with Crippen LogP contribution in [0.2, 0.25) is 0 Å². The Bertz CT molecular complexity index is 326. The summed E-state index contributed by atoms with van der Waals surface area (Å²) in [6.07, 6.45) is 2.13. The first kappa shape index (κ1) is 11.4. The highest BCUT2D eigenvalue weighted by Crippen LogP contribution is 2.35. The quantitative estimate of drug-likeness (QED) is 0.850. The molecule has 2 rings (SSSR count). The van der Waals surface area contributed by atoms with Gasteiger partial charge in [0.1, 0.15) is 12.4 Å². The van der Waals surface area contributed by atoms with Crippen molar-refractivity contribution < 1.29 is 9.13 Å². The minimum Gasteiger partial charge on any atom is -0.496 e. The van der Waals surface area contributed by atoms with E-state index in [0.29, 0.717) is 5.92 Å². The second-order valence-electron chi connectivity index (χ2n) is 4.19. The molecule has 0 unspecified atom stereocenters. The number of rotatable bonds is 3. The first-order valence-electron chi connectivity index (χ1n) is 5.79. The summed E-state index contributed by atoms with van der Waals surface area (Å²) in [5.41, 5.74) is 1.86. The summed E-state index contributed by atoms with van der Waals surface area (Å²) < 4.78 is 18.3. The molecular weight excluding hydrogens is 205 g/mol. The number of halogens is 1. The summed E-state index contributed by atoms with van der Waals surface area (Å²) in [7, 11) is 1.65. The van der Waals surface area contributed by atoms with E-state index < -0.39 is 6.67 Å². The Morgan fingerprint density at radius 1 is 1.38 bits per heavy atom. The van der Waals surface area contributed by atoms with Gasteiger partial charge in [0.2, 0.25) is 0 Å². The van der Waals surface area contributed by atoms with Crippen LogP contribution in [0.4, 0.5) is 4.39 Å². The minimum atomic E-state index is -0.406. The molecule has 0 saturated carbocycles. The lowest BCUT2D eigenvalue weighted by Crippen LogP contribution is -2.27. The first-order valence-corrected chi connectivity index (χ1v) is 5.79. The molecule has 0 aromatic heterocycles. The zero-order chi connectivity index (χ0) is 11.4. The van der Waals surface area contributed by atoms with Crippen molar-refractivity contribution in [2.24, 2.45) is 0 Å². The fourth-order valence-electron chi connectivity index (χ4n) is 2.46. The topological polar surface area (TPSA) is 21.3 Å². The van der Waals surface area contributed by atoms with Crippen LogP contribution in [0, 0.1) is 0 Å². The predicted molar refractivity (Wildman–Crippen MR) is 62.7 cm³/mol. The van der Waals surface area contributed by atoms with Crippen LogP contribution in [-0.4, -0.2) is 20.2 Å². The summed E-state index contributed by atoms with van der Waals surface area (Å²) in [6.45, 7) is 1.61. The van der Waals surface area contributed by atoms with E-state index in [1.165, 1.54) is 0 Å². The van der Waals surface area contributed by atoms with E-state index in [-0.39, 0.29) is 0 Å². The van der Waals surface area contributed by atoms with Crippen LogP contribution in [0.25, 0.3) is 0 Å². The van der Waals surface area contributed by atoms with E-state index in [2.05, 4.69) is 5.32 Å². The Labute approximate surface area is 95.8 Å². The van der Waals surface area contributed by atoms with E-state index in [4.69, 9.17) is 4.74 Å². The van der Waals surface area contributed by atoms with Gasteiger partial charge in [-0.15, -0.1) is 0 Å². The molecule has 3 heteroatoms. The van der Waals surface area contributed by atoms with Crippen LogP contribution in [0.3, 0.4) is 0 Å². The van der Waals surface area contributed by atoms with Crippen molar-refractivity contribution in [3.8, 4) is 5.75 Å². The molecule has 16 heavy (non-hydrogen) atoms. The molecule has 1 saturated heterocycles. The summed E-state index contributed by atoms with van der Waals surface area (Å²) in [5, 5.41) is 3.32. The van der Waals surface area contributed by atoms with E-state index in [0.717, 1.165) is 42.8 Å². The minimum absolute atomic E-state index is 0.406. The van der Waals surface area contributed by atoms with Gasteiger partial charge >= 0.3 is 0 Å². The van der Waals surface area contributed by atoms with Crippen LogP contribution in [0.1, 0.15) is 29.9 Å². The van der Waals surface area contributed by atoms with Crippen molar-refractivity contribution in [3.05, 3.63) is 29.3 Å². The Hall–Kier alpha value is -1.09. The van der Waals surface area contributed by atoms with Crippen molar-refractivity contribution in [3.63, 3.8) is 0 Å². The number of alkyl halides is 1. The molecule has 1 fully saturated rings. The molecule has 1 aliphatic heterocycles. The zero-order valence-corrected chi connectivity index (χ0v) is 9.63. The molecule has 1 heterocycles. The van der Waals surface area contributed by atoms with Gasteiger partial charge in [0.15, 0.2) is 0 Å². The monoisotopic (exact) mass is 223 g/mol. The summed E-state index contributed by atoms with van der Waals surface area (Å²) in [4.78, 5) is 0. The molecule has 1 aliphatic rings. The first-order chi connectivity index (χ1) is 7.86. The number of hydrogen-bond donors (Lipinski definition) is 1. The second kappa shape index (κ2) is 5.30. The normalized spacial score (nSPS) is 17.4. The maximum absolute atomic E-state index is 13.0. The highest BCUT2D eigenvalue weighted by molar-refractivity contribution is 5.43. The van der Waals surface area contributed by atoms with Gasteiger partial charge in [-0.1, -0.05) is 12.1 Å². The predicted octanol–water partition coefficient (Wildman–Crippen LogP) is 2.63. The van der Waals surface area contributed by atoms with E-state index in [1.54, 1.807) is 7.11 Å². The zero-order valence-electron chi connectivity index (χ0n) is 9.63. The van der Waals surface area contributed by atoms with Gasteiger partial charge in [0.05, 0.1) is 7.11 Å². The van der Waals surface area contributed by atoms with E-state index in [9.17, 15) is 4.39 Å². The highest BCUT2D eigenvalue weighted by atomic mass is 19.1. The van der Waals surface area contributed by atoms with Crippen molar-refractivity contribution in [1.29, 1.82) is 0 Å². The van der Waals surface area contributed by atoms with Crippen LogP contribution in [0.15, 0.2) is 18.2 Å². The van der Waals surface area contributed by atoms with Crippen LogP contribution in [-0.2, 0) is 6.67 Å². The van der Waals surface area contributed by atoms with Gasteiger partial charge in [-0.3, -0.25) is 0 Å². The number of piperidine rings is 1. The average Bonchev–Trinajstić information content (AvgIpc) is 2.38. The number of ether oxygens (including phenoxy) is 1. The number of benzene rings is 1. The Morgan fingerprint density at radius 3 is 2.75 bits per heavy atom. The third-order valence-corrected chi connectivity index (χ3v) is 3.27. The number of nitrogens with one attached hydrogen (secondary N) is 1. The summed E-state index contributed by atoms with van der Waals surface area (Å²) >= 11 is 0. The molecule has 0 bridgehead atoms. The van der Waals surface area contributed by atoms with Crippen molar-refractivity contribution in [1.82, 2.24) is 5.32 Å². The number of hydrogen-bond acceptors (Lipinski definition) is 2. The van der Waals surface area contributed by atoms with Crippen LogP contribution in [0.5, 0.6) is 5.75 Å². The fourth-order valence-corrected chi connectivity index (χ4v) is 2.46. The molecule has 1 N–H and O–H groups in total. The van der Waals surface area contributed by atoms with Crippen molar-refractivity contribution in [2.75, 3.05) is 20.2 Å². The van der Waals surface area contributed by atoms with Crippen LogP contribution < -0.4 is 10.1 Å². The summed E-state index contributed by atoms with van der Waals surface area (Å²) in [6, 6.07) is 5.65. The lowest BCUT2D eigenvalue weighted by atomic mass is 9.86. The molecule has 0 atom stereocenters. The molecule has 0 spiro atoms. The van der Waals surface area contributed by atoms with Gasteiger partial charge in [0, 0.05) is 5.56 Å². The van der Waals surface area contributed by atoms with Crippen molar-refractivity contribution in [2.45, 2.75) is 25.4 Å². The molecule has 2 nitrogen and oxygen atoms in total. The summed E-state index contributed by atoms with van der Waals surface area (Å²) in [5.74, 6) is 1.27. The fraction of sp³-hybridized carbons (Fsp3) is 0.538. The molecule has 88 valence electrons. The maximum atomic E-state index is 13.0. The van der Waals surface area contributed by atoms with Gasteiger partial charge < -0.3 is 10.1 Å². The molecule has 0 aliphatic carbocycles. The van der Waals surface area contributed by atoms with Gasteiger partial charge in [-0.05, 0) is 43.5 Å². The molecule has 1 aromatic rings. The molecule has 1 aromatic carbocycles. The molecular formula is C13H18FNO. The standard InChI is InChI=1S/C13H18FNO/c1-16-12-4-2-3-11(9-14)13(12)10-5-7-15-8-6-10/h2-4,10,15H,5-9H2,1H3. The second-order valence-corrected chi connectivity index (χ2v) is 4.19. The van der Waals surface area contributed by atoms with E-state index in [1.807, 2.05) is 18.2 Å². The smallest absolute Gasteiger partial charge is 0.122 e. The third-order valence-electron chi connectivity index (χ3n) is 3.27. The Morgan fingerprint density at radius 2 is 2.12 bits per heavy atom. The number of methoxy groups -OCH3 is 1. The average molecular weight is 223 g/mol. The molecule has 0 radical (unpaired) electrons. The van der Waals surface area contributed by atoms with Crippen LogP contribution >= 0.6 is 0 Å². The third kappa shape index (κ3) is 2.19. The highest BCUT2D eigenvalue weighted by Gasteiger charge is 2.21. The Balaban J connectivity index is 2.34.